The fourth-order valence-electron chi connectivity index (χ4n) is 1.93. The summed E-state index contributed by atoms with van der Waals surface area (Å²) < 4.78 is 8.65. The average molecular weight is 352 g/mol. The Morgan fingerprint density at radius 2 is 2.19 bits per heavy atom. The summed E-state index contributed by atoms with van der Waals surface area (Å²) in [5.41, 5.74) is 1.07. The molecule has 0 fully saturated rings. The zero-order valence-electron chi connectivity index (χ0n) is 12.6. The maximum atomic E-state index is 5.71. The molecule has 1 heterocycles. The van der Waals surface area contributed by atoms with Gasteiger partial charge in [-0.3, -0.25) is 4.68 Å². The highest BCUT2D eigenvalue weighted by molar-refractivity contribution is 9.10. The van der Waals surface area contributed by atoms with Crippen LogP contribution in [0.3, 0.4) is 0 Å². The molecule has 0 saturated carbocycles. The molecule has 114 valence electrons. The molecule has 5 heteroatoms. The van der Waals surface area contributed by atoms with E-state index in [2.05, 4.69) is 40.2 Å². The molecule has 0 unspecified atom stereocenters. The predicted molar refractivity (Wildman–Crippen MR) is 88.4 cm³/mol. The van der Waals surface area contributed by atoms with Gasteiger partial charge in [0.05, 0.1) is 12.2 Å². The number of hydrogen-bond acceptors (Lipinski definition) is 3. The topological polar surface area (TPSA) is 39.1 Å². The van der Waals surface area contributed by atoms with Crippen LogP contribution < -0.4 is 10.1 Å². The molecular formula is C16H22BrN3O. The van der Waals surface area contributed by atoms with E-state index >= 15 is 0 Å². The van der Waals surface area contributed by atoms with E-state index in [-0.39, 0.29) is 0 Å². The third-order valence-electron chi connectivity index (χ3n) is 2.94. The van der Waals surface area contributed by atoms with Gasteiger partial charge in [0, 0.05) is 17.2 Å². The summed E-state index contributed by atoms with van der Waals surface area (Å²) in [6, 6.07) is 9.91. The number of halogens is 1. The van der Waals surface area contributed by atoms with Gasteiger partial charge in [-0.25, -0.2) is 0 Å². The van der Waals surface area contributed by atoms with Crippen molar-refractivity contribution in [3.05, 3.63) is 46.7 Å². The molecule has 0 saturated heterocycles. The fraction of sp³-hybridized carbons (Fsp3) is 0.438. The van der Waals surface area contributed by atoms with Gasteiger partial charge >= 0.3 is 0 Å². The third kappa shape index (κ3) is 5.89. The Morgan fingerprint density at radius 3 is 2.95 bits per heavy atom. The molecule has 0 atom stereocenters. The first-order valence-electron chi connectivity index (χ1n) is 7.25. The summed E-state index contributed by atoms with van der Waals surface area (Å²) in [7, 11) is 0. The Morgan fingerprint density at radius 1 is 1.33 bits per heavy atom. The molecule has 0 aliphatic heterocycles. The number of hydrogen-bond donors (Lipinski definition) is 1. The number of aromatic nitrogens is 2. The number of nitrogens with one attached hydrogen (secondary N) is 1. The van der Waals surface area contributed by atoms with Gasteiger partial charge in [0.15, 0.2) is 0 Å². The van der Waals surface area contributed by atoms with Crippen molar-refractivity contribution < 1.29 is 4.74 Å². The number of rotatable bonds is 8. The quantitative estimate of drug-likeness (QED) is 0.791. The van der Waals surface area contributed by atoms with Crippen LogP contribution in [-0.2, 0) is 13.1 Å². The predicted octanol–water partition coefficient (Wildman–Crippen LogP) is 3.47. The molecule has 1 N–H and O–H groups in total. The molecule has 4 nitrogen and oxygen atoms in total. The normalized spacial score (nSPS) is 11.0. The first kappa shape index (κ1) is 16.0. The fourth-order valence-corrected chi connectivity index (χ4v) is 2.30. The second-order valence-corrected chi connectivity index (χ2v) is 6.32. The second kappa shape index (κ2) is 8.20. The van der Waals surface area contributed by atoms with Crippen molar-refractivity contribution in [3.63, 3.8) is 0 Å². The molecule has 0 aliphatic rings. The van der Waals surface area contributed by atoms with Crippen LogP contribution in [0.4, 0.5) is 0 Å². The summed E-state index contributed by atoms with van der Waals surface area (Å²) in [5, 5.41) is 7.91. The monoisotopic (exact) mass is 351 g/mol. The SMILES string of the molecule is CC(C)CNCc1ccn(CCOc2cccc(Br)c2)n1. The lowest BCUT2D eigenvalue weighted by molar-refractivity contribution is 0.290. The van der Waals surface area contributed by atoms with E-state index in [1.165, 1.54) is 0 Å². The molecule has 21 heavy (non-hydrogen) atoms. The molecule has 0 aliphatic carbocycles. The zero-order valence-corrected chi connectivity index (χ0v) is 14.1. The molecule has 0 amide bonds. The van der Waals surface area contributed by atoms with Crippen LogP contribution >= 0.6 is 15.9 Å². The Kier molecular flexibility index (Phi) is 6.26. The number of ether oxygens (including phenoxy) is 1. The van der Waals surface area contributed by atoms with E-state index in [1.54, 1.807) is 0 Å². The van der Waals surface area contributed by atoms with Gasteiger partial charge in [-0.2, -0.15) is 5.10 Å². The summed E-state index contributed by atoms with van der Waals surface area (Å²) in [6.45, 7) is 7.58. The lowest BCUT2D eigenvalue weighted by atomic mass is 10.2. The molecule has 2 rings (SSSR count). The standard InChI is InChI=1S/C16H22BrN3O/c1-13(2)11-18-12-15-6-7-20(19-15)8-9-21-16-5-3-4-14(17)10-16/h3-7,10,13,18H,8-9,11-12H2,1-2H3. The average Bonchev–Trinajstić information content (AvgIpc) is 2.86. The minimum Gasteiger partial charge on any atom is -0.492 e. The maximum absolute atomic E-state index is 5.71. The van der Waals surface area contributed by atoms with Crippen LogP contribution in [0.2, 0.25) is 0 Å². The van der Waals surface area contributed by atoms with Gasteiger partial charge < -0.3 is 10.1 Å². The van der Waals surface area contributed by atoms with Gasteiger partial charge in [-0.05, 0) is 36.7 Å². The van der Waals surface area contributed by atoms with Gasteiger partial charge in [-0.15, -0.1) is 0 Å². The molecule has 0 bridgehead atoms. The molecule has 2 aromatic rings. The van der Waals surface area contributed by atoms with Crippen LogP contribution in [-0.4, -0.2) is 22.9 Å². The first-order chi connectivity index (χ1) is 10.1. The van der Waals surface area contributed by atoms with Crippen LogP contribution in [0.1, 0.15) is 19.5 Å². The molecular weight excluding hydrogens is 330 g/mol. The minimum absolute atomic E-state index is 0.608. The summed E-state index contributed by atoms with van der Waals surface area (Å²) >= 11 is 3.43. The van der Waals surface area contributed by atoms with Crippen molar-refractivity contribution in [2.24, 2.45) is 5.92 Å². The third-order valence-corrected chi connectivity index (χ3v) is 3.43. The Labute approximate surface area is 134 Å². The van der Waals surface area contributed by atoms with Gasteiger partial charge in [0.2, 0.25) is 0 Å². The minimum atomic E-state index is 0.608. The van der Waals surface area contributed by atoms with Crippen molar-refractivity contribution in [2.45, 2.75) is 26.9 Å². The van der Waals surface area contributed by atoms with Crippen molar-refractivity contribution in [1.82, 2.24) is 15.1 Å². The number of nitrogens with zero attached hydrogens (tertiary/aromatic N) is 2. The largest absolute Gasteiger partial charge is 0.492 e. The highest BCUT2D eigenvalue weighted by Gasteiger charge is 2.01. The second-order valence-electron chi connectivity index (χ2n) is 5.40. The van der Waals surface area contributed by atoms with Crippen LogP contribution in [0.5, 0.6) is 5.75 Å². The van der Waals surface area contributed by atoms with E-state index in [0.717, 1.165) is 35.6 Å². The highest BCUT2D eigenvalue weighted by atomic mass is 79.9. The summed E-state index contributed by atoms with van der Waals surface area (Å²) in [5.74, 6) is 1.53. The van der Waals surface area contributed by atoms with E-state index in [1.807, 2.05) is 41.2 Å². The Hall–Kier alpha value is -1.33. The summed E-state index contributed by atoms with van der Waals surface area (Å²) in [6.07, 6.45) is 2.00. The highest BCUT2D eigenvalue weighted by Crippen LogP contribution is 2.17. The molecule has 0 radical (unpaired) electrons. The van der Waals surface area contributed by atoms with Crippen molar-refractivity contribution in [1.29, 1.82) is 0 Å². The van der Waals surface area contributed by atoms with Gasteiger partial charge in [-0.1, -0.05) is 35.8 Å². The van der Waals surface area contributed by atoms with E-state index in [0.29, 0.717) is 12.5 Å². The Balaban J connectivity index is 1.72. The lowest BCUT2D eigenvalue weighted by Crippen LogP contribution is -2.19. The van der Waals surface area contributed by atoms with Gasteiger partial charge in [0.1, 0.15) is 12.4 Å². The first-order valence-corrected chi connectivity index (χ1v) is 8.04. The maximum Gasteiger partial charge on any atom is 0.120 e. The Bertz CT molecular complexity index is 554. The van der Waals surface area contributed by atoms with Crippen molar-refractivity contribution in [2.75, 3.05) is 13.2 Å². The van der Waals surface area contributed by atoms with Gasteiger partial charge in [0.25, 0.3) is 0 Å². The van der Waals surface area contributed by atoms with Crippen LogP contribution in [0.25, 0.3) is 0 Å². The van der Waals surface area contributed by atoms with Crippen LogP contribution in [0.15, 0.2) is 41.0 Å². The van der Waals surface area contributed by atoms with E-state index < -0.39 is 0 Å². The number of benzene rings is 1. The smallest absolute Gasteiger partial charge is 0.120 e. The molecule has 1 aromatic carbocycles. The molecule has 1 aromatic heterocycles. The van der Waals surface area contributed by atoms with E-state index in [4.69, 9.17) is 4.74 Å². The van der Waals surface area contributed by atoms with E-state index in [9.17, 15) is 0 Å². The molecule has 0 spiro atoms. The lowest BCUT2D eigenvalue weighted by Gasteiger charge is -2.07. The van der Waals surface area contributed by atoms with Crippen LogP contribution in [0, 0.1) is 5.92 Å². The van der Waals surface area contributed by atoms with Crippen molar-refractivity contribution in [3.8, 4) is 5.75 Å². The summed E-state index contributed by atoms with van der Waals surface area (Å²) in [4.78, 5) is 0. The van der Waals surface area contributed by atoms with Crippen molar-refractivity contribution >= 4 is 15.9 Å². The zero-order chi connectivity index (χ0) is 15.1.